The van der Waals surface area contributed by atoms with Gasteiger partial charge in [0, 0.05) is 24.4 Å². The Labute approximate surface area is 99.5 Å². The topological polar surface area (TPSA) is 24.9 Å². The van der Waals surface area contributed by atoms with Crippen LogP contribution in [0, 0.1) is 12.3 Å². The van der Waals surface area contributed by atoms with E-state index in [9.17, 15) is 0 Å². The first-order valence-electron chi connectivity index (χ1n) is 6.08. The standard InChI is InChI=1S/C14H24N2/c1-6-14(3,4)13(15-5)9-12-8-7-11(2)10-16-12/h7-8,10,13,15H,6,9H2,1-5H3. The lowest BCUT2D eigenvalue weighted by Gasteiger charge is -2.33. The molecule has 0 radical (unpaired) electrons. The van der Waals surface area contributed by atoms with Crippen molar-refractivity contribution in [1.82, 2.24) is 10.3 Å². The van der Waals surface area contributed by atoms with Crippen molar-refractivity contribution in [1.29, 1.82) is 0 Å². The summed E-state index contributed by atoms with van der Waals surface area (Å²) in [7, 11) is 2.04. The van der Waals surface area contributed by atoms with Crippen LogP contribution < -0.4 is 5.32 Å². The van der Waals surface area contributed by atoms with Gasteiger partial charge < -0.3 is 5.32 Å². The second kappa shape index (κ2) is 5.44. The van der Waals surface area contributed by atoms with Crippen LogP contribution in [0.1, 0.15) is 38.4 Å². The van der Waals surface area contributed by atoms with E-state index in [1.54, 1.807) is 0 Å². The Morgan fingerprint density at radius 3 is 2.50 bits per heavy atom. The summed E-state index contributed by atoms with van der Waals surface area (Å²) in [6.45, 7) is 8.93. The zero-order valence-corrected chi connectivity index (χ0v) is 11.2. The van der Waals surface area contributed by atoms with Gasteiger partial charge >= 0.3 is 0 Å². The maximum atomic E-state index is 4.47. The fraction of sp³-hybridized carbons (Fsp3) is 0.643. The maximum Gasteiger partial charge on any atom is 0.0419 e. The molecule has 1 aromatic heterocycles. The first kappa shape index (κ1) is 13.2. The maximum absolute atomic E-state index is 4.47. The molecule has 0 aliphatic carbocycles. The number of pyridine rings is 1. The van der Waals surface area contributed by atoms with Gasteiger partial charge in [0.05, 0.1) is 0 Å². The van der Waals surface area contributed by atoms with Gasteiger partial charge in [0.25, 0.3) is 0 Å². The SMILES string of the molecule is CCC(C)(C)C(Cc1ccc(C)cn1)NC. The Bertz CT molecular complexity index is 314. The summed E-state index contributed by atoms with van der Waals surface area (Å²) in [5.41, 5.74) is 2.70. The van der Waals surface area contributed by atoms with Crippen LogP contribution in [-0.2, 0) is 6.42 Å². The lowest BCUT2D eigenvalue weighted by molar-refractivity contribution is 0.239. The van der Waals surface area contributed by atoms with E-state index in [0.29, 0.717) is 11.5 Å². The molecule has 0 amide bonds. The van der Waals surface area contributed by atoms with Gasteiger partial charge in [-0.3, -0.25) is 4.98 Å². The van der Waals surface area contributed by atoms with Gasteiger partial charge in [0.1, 0.15) is 0 Å². The molecular weight excluding hydrogens is 196 g/mol. The van der Waals surface area contributed by atoms with Crippen molar-refractivity contribution < 1.29 is 0 Å². The smallest absolute Gasteiger partial charge is 0.0419 e. The third kappa shape index (κ3) is 3.31. The molecule has 1 N–H and O–H groups in total. The highest BCUT2D eigenvalue weighted by molar-refractivity contribution is 5.13. The monoisotopic (exact) mass is 220 g/mol. The predicted molar refractivity (Wildman–Crippen MR) is 69.6 cm³/mol. The normalized spacial score (nSPS) is 13.8. The number of rotatable bonds is 5. The second-order valence-corrected chi connectivity index (χ2v) is 5.21. The first-order chi connectivity index (χ1) is 7.49. The summed E-state index contributed by atoms with van der Waals surface area (Å²) in [6, 6.07) is 4.74. The van der Waals surface area contributed by atoms with Crippen LogP contribution in [0.3, 0.4) is 0 Å². The average molecular weight is 220 g/mol. The lowest BCUT2D eigenvalue weighted by Crippen LogP contribution is -2.41. The van der Waals surface area contributed by atoms with Crippen LogP contribution in [0.25, 0.3) is 0 Å². The van der Waals surface area contributed by atoms with Gasteiger partial charge in [-0.2, -0.15) is 0 Å². The van der Waals surface area contributed by atoms with E-state index in [1.807, 2.05) is 13.2 Å². The largest absolute Gasteiger partial charge is 0.316 e. The second-order valence-electron chi connectivity index (χ2n) is 5.21. The summed E-state index contributed by atoms with van der Waals surface area (Å²) >= 11 is 0. The molecule has 0 spiro atoms. The summed E-state index contributed by atoms with van der Waals surface area (Å²) in [4.78, 5) is 4.47. The van der Waals surface area contributed by atoms with Crippen molar-refractivity contribution in [2.24, 2.45) is 5.41 Å². The Kier molecular flexibility index (Phi) is 4.48. The molecule has 0 aliphatic heterocycles. The molecule has 1 atom stereocenters. The molecular formula is C14H24N2. The van der Waals surface area contributed by atoms with Crippen LogP contribution in [-0.4, -0.2) is 18.1 Å². The average Bonchev–Trinajstić information content (AvgIpc) is 2.28. The number of likely N-dealkylation sites (N-methyl/N-ethyl adjacent to an activating group) is 1. The zero-order chi connectivity index (χ0) is 12.2. The molecule has 0 fully saturated rings. The molecule has 1 heterocycles. The number of aryl methyl sites for hydroxylation is 1. The Morgan fingerprint density at radius 1 is 1.38 bits per heavy atom. The Balaban J connectivity index is 2.74. The molecule has 90 valence electrons. The number of nitrogens with one attached hydrogen (secondary N) is 1. The van der Waals surface area contributed by atoms with Crippen LogP contribution in [0.15, 0.2) is 18.3 Å². The van der Waals surface area contributed by atoms with Crippen LogP contribution in [0.2, 0.25) is 0 Å². The van der Waals surface area contributed by atoms with Crippen molar-refractivity contribution in [3.63, 3.8) is 0 Å². The van der Waals surface area contributed by atoms with Gasteiger partial charge in [-0.1, -0.05) is 26.8 Å². The van der Waals surface area contributed by atoms with Gasteiger partial charge in [-0.25, -0.2) is 0 Å². The minimum absolute atomic E-state index is 0.307. The van der Waals surface area contributed by atoms with E-state index >= 15 is 0 Å². The van der Waals surface area contributed by atoms with Gasteiger partial charge in [-0.15, -0.1) is 0 Å². The van der Waals surface area contributed by atoms with Crippen LogP contribution in [0.4, 0.5) is 0 Å². The predicted octanol–water partition coefficient (Wildman–Crippen LogP) is 2.96. The highest BCUT2D eigenvalue weighted by Crippen LogP contribution is 2.26. The van der Waals surface area contributed by atoms with Gasteiger partial charge in [0.2, 0.25) is 0 Å². The number of nitrogens with zero attached hydrogens (tertiary/aromatic N) is 1. The van der Waals surface area contributed by atoms with E-state index < -0.39 is 0 Å². The minimum Gasteiger partial charge on any atom is -0.316 e. The number of aromatic nitrogens is 1. The summed E-state index contributed by atoms with van der Waals surface area (Å²) in [5, 5.41) is 3.42. The minimum atomic E-state index is 0.307. The number of hydrogen-bond acceptors (Lipinski definition) is 2. The zero-order valence-electron chi connectivity index (χ0n) is 11.2. The molecule has 16 heavy (non-hydrogen) atoms. The van der Waals surface area contributed by atoms with E-state index in [-0.39, 0.29) is 0 Å². The first-order valence-corrected chi connectivity index (χ1v) is 6.08. The third-order valence-corrected chi connectivity index (χ3v) is 3.59. The number of hydrogen-bond donors (Lipinski definition) is 1. The molecule has 2 nitrogen and oxygen atoms in total. The molecule has 1 rings (SSSR count). The molecule has 0 saturated heterocycles. The fourth-order valence-corrected chi connectivity index (χ4v) is 1.84. The molecule has 1 unspecified atom stereocenters. The van der Waals surface area contributed by atoms with Crippen molar-refractivity contribution in [2.75, 3.05) is 7.05 Å². The van der Waals surface area contributed by atoms with Crippen LogP contribution >= 0.6 is 0 Å². The van der Waals surface area contributed by atoms with Gasteiger partial charge in [0.15, 0.2) is 0 Å². The van der Waals surface area contributed by atoms with Crippen molar-refractivity contribution in [2.45, 2.75) is 46.6 Å². The molecule has 0 bridgehead atoms. The van der Waals surface area contributed by atoms with E-state index in [4.69, 9.17) is 0 Å². The fourth-order valence-electron chi connectivity index (χ4n) is 1.84. The quantitative estimate of drug-likeness (QED) is 0.825. The van der Waals surface area contributed by atoms with Crippen molar-refractivity contribution >= 4 is 0 Å². The van der Waals surface area contributed by atoms with Crippen LogP contribution in [0.5, 0.6) is 0 Å². The lowest BCUT2D eigenvalue weighted by atomic mass is 9.79. The third-order valence-electron chi connectivity index (χ3n) is 3.59. The Hall–Kier alpha value is -0.890. The molecule has 2 heteroatoms. The van der Waals surface area contributed by atoms with E-state index in [0.717, 1.165) is 6.42 Å². The molecule has 0 saturated carbocycles. The van der Waals surface area contributed by atoms with Crippen molar-refractivity contribution in [3.8, 4) is 0 Å². The summed E-state index contributed by atoms with van der Waals surface area (Å²) in [5.74, 6) is 0. The van der Waals surface area contributed by atoms with E-state index in [2.05, 4.69) is 50.1 Å². The van der Waals surface area contributed by atoms with E-state index in [1.165, 1.54) is 17.7 Å². The van der Waals surface area contributed by atoms with Gasteiger partial charge in [-0.05, 0) is 37.4 Å². The highest BCUT2D eigenvalue weighted by Gasteiger charge is 2.26. The molecule has 0 aliphatic rings. The Morgan fingerprint density at radius 2 is 2.06 bits per heavy atom. The summed E-state index contributed by atoms with van der Waals surface area (Å²) in [6.07, 6.45) is 4.11. The highest BCUT2D eigenvalue weighted by atomic mass is 14.9. The summed E-state index contributed by atoms with van der Waals surface area (Å²) < 4.78 is 0. The molecule has 0 aromatic carbocycles. The molecule has 1 aromatic rings. The van der Waals surface area contributed by atoms with Crippen molar-refractivity contribution in [3.05, 3.63) is 29.6 Å².